The molecule has 2 rings (SSSR count). The number of benzene rings is 2. The van der Waals surface area contributed by atoms with Crippen molar-refractivity contribution in [2.24, 2.45) is 0 Å². The summed E-state index contributed by atoms with van der Waals surface area (Å²) < 4.78 is 7.26. The van der Waals surface area contributed by atoms with Gasteiger partial charge in [0.25, 0.3) is 5.91 Å². The molecular weight excluding hydrogens is 545 g/mol. The third-order valence-corrected chi connectivity index (χ3v) is 4.54. The van der Waals surface area contributed by atoms with E-state index in [2.05, 4.69) is 37.2 Å². The van der Waals surface area contributed by atoms with E-state index in [-0.39, 0.29) is 11.3 Å². The van der Waals surface area contributed by atoms with Crippen LogP contribution in [0.5, 0.6) is 5.75 Å². The maximum Gasteiger partial charge on any atom is 0.342 e. The largest absolute Gasteiger partial charge is 0.507 e. The first-order chi connectivity index (χ1) is 10.9. The zero-order chi connectivity index (χ0) is 17.0. The van der Waals surface area contributed by atoms with Crippen LogP contribution in [0, 0.1) is 3.57 Å². The van der Waals surface area contributed by atoms with Gasteiger partial charge in [0, 0.05) is 12.5 Å². The highest BCUT2D eigenvalue weighted by Crippen LogP contribution is 2.26. The Kier molecular flexibility index (Phi) is 6.42. The molecule has 0 aromatic heterocycles. The second-order valence-corrected chi connectivity index (χ2v) is 7.43. The van der Waals surface area contributed by atoms with Crippen molar-refractivity contribution in [3.63, 3.8) is 0 Å². The Hall–Kier alpha value is -1.13. The number of halogens is 3. The molecule has 5 nitrogen and oxygen atoms in total. The van der Waals surface area contributed by atoms with Gasteiger partial charge in [0.05, 0.1) is 5.69 Å². The number of carbonyl (C=O) groups excluding carboxylic acids is 2. The summed E-state index contributed by atoms with van der Waals surface area (Å²) in [6.45, 7) is -0.452. The number of aromatic hydroxyl groups is 1. The van der Waals surface area contributed by atoms with Crippen molar-refractivity contribution >= 4 is 72.0 Å². The Balaban J connectivity index is 1.96. The number of hydrogen-bond donors (Lipinski definition) is 2. The lowest BCUT2D eigenvalue weighted by atomic mass is 10.2. The smallest absolute Gasteiger partial charge is 0.342 e. The van der Waals surface area contributed by atoms with Crippen LogP contribution in [0.25, 0.3) is 0 Å². The van der Waals surface area contributed by atoms with Gasteiger partial charge in [-0.15, -0.1) is 0 Å². The fourth-order valence-corrected chi connectivity index (χ4v) is 3.30. The quantitative estimate of drug-likeness (QED) is 0.436. The van der Waals surface area contributed by atoms with Gasteiger partial charge in [0.2, 0.25) is 0 Å². The molecule has 0 aliphatic carbocycles. The third kappa shape index (κ3) is 5.18. The van der Waals surface area contributed by atoms with E-state index in [4.69, 9.17) is 4.74 Å². The van der Waals surface area contributed by atoms with Crippen LogP contribution in [0.15, 0.2) is 45.3 Å². The number of phenols is 1. The van der Waals surface area contributed by atoms with Crippen molar-refractivity contribution in [2.45, 2.75) is 0 Å². The van der Waals surface area contributed by atoms with Gasteiger partial charge < -0.3 is 15.2 Å². The van der Waals surface area contributed by atoms with Gasteiger partial charge in [-0.05, 0) is 74.9 Å². The molecule has 2 aromatic carbocycles. The molecule has 0 unspecified atom stereocenters. The number of nitrogens with one attached hydrogen (secondary N) is 1. The van der Waals surface area contributed by atoms with Crippen molar-refractivity contribution in [1.82, 2.24) is 0 Å². The predicted octanol–water partition coefficient (Wildman–Crippen LogP) is 4.32. The predicted molar refractivity (Wildman–Crippen MR) is 102 cm³/mol. The monoisotopic (exact) mass is 553 g/mol. The molecule has 0 spiro atoms. The van der Waals surface area contributed by atoms with Crippen LogP contribution < -0.4 is 5.32 Å². The Morgan fingerprint density at radius 1 is 1.17 bits per heavy atom. The van der Waals surface area contributed by atoms with E-state index in [1.807, 2.05) is 22.6 Å². The van der Waals surface area contributed by atoms with Gasteiger partial charge >= 0.3 is 5.97 Å². The summed E-state index contributed by atoms with van der Waals surface area (Å²) in [7, 11) is 0. The van der Waals surface area contributed by atoms with Gasteiger partial charge in [-0.2, -0.15) is 0 Å². The van der Waals surface area contributed by atoms with Gasteiger partial charge in [0.15, 0.2) is 6.61 Å². The molecule has 23 heavy (non-hydrogen) atoms. The Bertz CT molecular complexity index is 767. The van der Waals surface area contributed by atoms with E-state index in [0.29, 0.717) is 10.2 Å². The highest BCUT2D eigenvalue weighted by atomic mass is 127. The topological polar surface area (TPSA) is 75.6 Å². The number of carbonyl (C=O) groups is 2. The molecule has 1 amide bonds. The van der Waals surface area contributed by atoms with Gasteiger partial charge in [-0.3, -0.25) is 4.79 Å². The molecule has 0 aliphatic heterocycles. The summed E-state index contributed by atoms with van der Waals surface area (Å²) in [5.41, 5.74) is 0.584. The fraction of sp³-hybridized carbons (Fsp3) is 0.0667. The summed E-state index contributed by atoms with van der Waals surface area (Å²) in [4.78, 5) is 23.8. The second kappa shape index (κ2) is 8.11. The highest BCUT2D eigenvalue weighted by Gasteiger charge is 2.15. The maximum atomic E-state index is 11.9. The molecule has 0 fully saturated rings. The number of esters is 1. The van der Waals surface area contributed by atoms with Crippen molar-refractivity contribution < 1.29 is 19.4 Å². The Labute approximate surface area is 162 Å². The van der Waals surface area contributed by atoms with E-state index in [0.717, 1.165) is 8.04 Å². The molecular formula is C15H10Br2INO4. The van der Waals surface area contributed by atoms with Crippen molar-refractivity contribution in [1.29, 1.82) is 0 Å². The lowest BCUT2D eigenvalue weighted by Crippen LogP contribution is -2.21. The van der Waals surface area contributed by atoms with Crippen molar-refractivity contribution in [3.05, 3.63) is 54.5 Å². The van der Waals surface area contributed by atoms with E-state index in [9.17, 15) is 14.7 Å². The van der Waals surface area contributed by atoms with Crippen LogP contribution >= 0.6 is 54.5 Å². The maximum absolute atomic E-state index is 11.9. The zero-order valence-electron chi connectivity index (χ0n) is 11.5. The number of amides is 1. The minimum Gasteiger partial charge on any atom is -0.507 e. The minimum absolute atomic E-state index is 0.0227. The zero-order valence-corrected chi connectivity index (χ0v) is 16.8. The van der Waals surface area contributed by atoms with Crippen LogP contribution in [0.3, 0.4) is 0 Å². The first-order valence-electron chi connectivity index (χ1n) is 6.27. The summed E-state index contributed by atoms with van der Waals surface area (Å²) >= 11 is 8.65. The molecule has 0 aliphatic rings. The molecule has 8 heteroatoms. The molecule has 0 saturated carbocycles. The van der Waals surface area contributed by atoms with E-state index in [1.54, 1.807) is 24.3 Å². The lowest BCUT2D eigenvalue weighted by molar-refractivity contribution is -0.119. The molecule has 2 aromatic rings. The lowest BCUT2D eigenvalue weighted by Gasteiger charge is -2.09. The van der Waals surface area contributed by atoms with E-state index in [1.165, 1.54) is 12.1 Å². The average molecular weight is 555 g/mol. The normalized spacial score (nSPS) is 10.2. The molecule has 2 N–H and O–H groups in total. The SMILES string of the molecule is O=C(COC(=O)c1cc(I)ccc1O)Nc1ccc(Br)cc1Br. The van der Waals surface area contributed by atoms with Gasteiger partial charge in [0.1, 0.15) is 11.3 Å². The number of anilines is 1. The van der Waals surface area contributed by atoms with Crippen LogP contribution in [-0.4, -0.2) is 23.6 Å². The molecule has 0 radical (unpaired) electrons. The number of phenolic OH excluding ortho intramolecular Hbond substituents is 1. The minimum atomic E-state index is -0.758. The second-order valence-electron chi connectivity index (χ2n) is 4.41. The Morgan fingerprint density at radius 3 is 2.61 bits per heavy atom. The highest BCUT2D eigenvalue weighted by molar-refractivity contribution is 14.1. The van der Waals surface area contributed by atoms with Crippen LogP contribution in [0.1, 0.15) is 10.4 Å². The van der Waals surface area contributed by atoms with Crippen LogP contribution in [0.4, 0.5) is 5.69 Å². The number of ether oxygens (including phenoxy) is 1. The molecule has 0 saturated heterocycles. The Morgan fingerprint density at radius 2 is 1.91 bits per heavy atom. The molecule has 120 valence electrons. The van der Waals surface area contributed by atoms with Crippen molar-refractivity contribution in [3.8, 4) is 5.75 Å². The van der Waals surface area contributed by atoms with Crippen LogP contribution in [-0.2, 0) is 9.53 Å². The number of hydrogen-bond acceptors (Lipinski definition) is 4. The van der Waals surface area contributed by atoms with Gasteiger partial charge in [-0.1, -0.05) is 15.9 Å². The standard InChI is InChI=1S/C15H10Br2INO4/c16-8-1-3-12(11(17)5-8)19-14(21)7-23-15(22)10-6-9(18)2-4-13(10)20/h1-6,20H,7H2,(H,19,21). The van der Waals surface area contributed by atoms with Crippen molar-refractivity contribution in [2.75, 3.05) is 11.9 Å². The van der Waals surface area contributed by atoms with Gasteiger partial charge in [-0.25, -0.2) is 4.79 Å². The van der Waals surface area contributed by atoms with E-state index >= 15 is 0 Å². The van der Waals surface area contributed by atoms with E-state index < -0.39 is 18.5 Å². The number of rotatable bonds is 4. The molecule has 0 atom stereocenters. The molecule has 0 heterocycles. The molecule has 0 bridgehead atoms. The summed E-state index contributed by atoms with van der Waals surface area (Å²) in [5.74, 6) is -1.43. The summed E-state index contributed by atoms with van der Waals surface area (Å²) in [6.07, 6.45) is 0. The fourth-order valence-electron chi connectivity index (χ4n) is 1.66. The first-order valence-corrected chi connectivity index (χ1v) is 8.94. The third-order valence-electron chi connectivity index (χ3n) is 2.72. The summed E-state index contributed by atoms with van der Waals surface area (Å²) in [6, 6.07) is 9.81. The van der Waals surface area contributed by atoms with Crippen LogP contribution in [0.2, 0.25) is 0 Å². The first kappa shape index (κ1) is 18.2. The average Bonchev–Trinajstić information content (AvgIpc) is 2.50. The summed E-state index contributed by atoms with van der Waals surface area (Å²) in [5, 5.41) is 12.3.